The van der Waals surface area contributed by atoms with Crippen molar-refractivity contribution in [2.75, 3.05) is 5.73 Å². The van der Waals surface area contributed by atoms with Crippen molar-refractivity contribution in [3.05, 3.63) is 42.2 Å². The molecule has 0 aliphatic rings. The molecule has 0 radical (unpaired) electrons. The van der Waals surface area contributed by atoms with Crippen molar-refractivity contribution >= 4 is 5.69 Å². The molecule has 2 N–H and O–H groups in total. The van der Waals surface area contributed by atoms with Crippen LogP contribution in [0.5, 0.6) is 0 Å². The summed E-state index contributed by atoms with van der Waals surface area (Å²) in [5, 5.41) is 0. The van der Waals surface area contributed by atoms with Gasteiger partial charge in [-0.05, 0) is 12.1 Å². The van der Waals surface area contributed by atoms with Gasteiger partial charge in [-0.2, -0.15) is 0 Å². The van der Waals surface area contributed by atoms with Crippen LogP contribution in [-0.4, -0.2) is 9.97 Å². The molecule has 2 rings (SSSR count). The van der Waals surface area contributed by atoms with E-state index in [1.54, 1.807) is 0 Å². The van der Waals surface area contributed by atoms with Gasteiger partial charge in [0.15, 0.2) is 5.82 Å². The second kappa shape index (κ2) is 3.61. The van der Waals surface area contributed by atoms with E-state index >= 15 is 0 Å². The minimum atomic E-state index is -0.695. The zero-order valence-electron chi connectivity index (χ0n) is 7.61. The summed E-state index contributed by atoms with van der Waals surface area (Å²) in [5.41, 5.74) is 5.47. The standard InChI is InChI=1S/C10H7F2N3/c11-7-2-1-3-8(12)9(7)10-14-4-6(13)5-15-10/h1-5H,13H2. The molecule has 0 atom stereocenters. The highest BCUT2D eigenvalue weighted by Gasteiger charge is 2.12. The lowest BCUT2D eigenvalue weighted by Gasteiger charge is -2.02. The number of nitrogens with two attached hydrogens (primary N) is 1. The van der Waals surface area contributed by atoms with Gasteiger partial charge in [-0.3, -0.25) is 0 Å². The predicted octanol–water partition coefficient (Wildman–Crippen LogP) is 2.00. The maximum absolute atomic E-state index is 13.3. The summed E-state index contributed by atoms with van der Waals surface area (Å²) < 4.78 is 26.6. The van der Waals surface area contributed by atoms with E-state index in [1.165, 1.54) is 18.5 Å². The van der Waals surface area contributed by atoms with E-state index in [9.17, 15) is 8.78 Å². The van der Waals surface area contributed by atoms with E-state index < -0.39 is 11.6 Å². The first kappa shape index (κ1) is 9.51. The molecule has 0 aliphatic carbocycles. The summed E-state index contributed by atoms with van der Waals surface area (Å²) >= 11 is 0. The lowest BCUT2D eigenvalue weighted by Crippen LogP contribution is -1.96. The zero-order valence-corrected chi connectivity index (χ0v) is 7.61. The van der Waals surface area contributed by atoms with Crippen LogP contribution in [0.4, 0.5) is 14.5 Å². The number of anilines is 1. The van der Waals surface area contributed by atoms with E-state index in [-0.39, 0.29) is 11.4 Å². The van der Waals surface area contributed by atoms with E-state index in [2.05, 4.69) is 9.97 Å². The summed E-state index contributed by atoms with van der Waals surface area (Å²) in [6, 6.07) is 3.59. The molecule has 0 spiro atoms. The molecule has 0 aliphatic heterocycles. The van der Waals surface area contributed by atoms with Gasteiger partial charge in [0.2, 0.25) is 0 Å². The predicted molar refractivity (Wildman–Crippen MR) is 51.8 cm³/mol. The maximum atomic E-state index is 13.3. The maximum Gasteiger partial charge on any atom is 0.165 e. The number of halogens is 2. The molecule has 0 amide bonds. The van der Waals surface area contributed by atoms with Crippen molar-refractivity contribution in [2.45, 2.75) is 0 Å². The molecule has 76 valence electrons. The molecule has 0 saturated carbocycles. The van der Waals surface area contributed by atoms with E-state index in [4.69, 9.17) is 5.73 Å². The van der Waals surface area contributed by atoms with Crippen molar-refractivity contribution < 1.29 is 8.78 Å². The number of benzene rings is 1. The quantitative estimate of drug-likeness (QED) is 0.778. The Labute approximate surface area is 84.6 Å². The minimum Gasteiger partial charge on any atom is -0.396 e. The molecule has 1 aromatic carbocycles. The van der Waals surface area contributed by atoms with Crippen molar-refractivity contribution in [3.8, 4) is 11.4 Å². The third-order valence-electron chi connectivity index (χ3n) is 1.86. The van der Waals surface area contributed by atoms with Gasteiger partial charge in [0, 0.05) is 0 Å². The normalized spacial score (nSPS) is 10.3. The third-order valence-corrected chi connectivity index (χ3v) is 1.86. The molecule has 0 bridgehead atoms. The molecule has 0 unspecified atom stereocenters. The lowest BCUT2D eigenvalue weighted by molar-refractivity contribution is 0.587. The van der Waals surface area contributed by atoms with E-state index in [0.29, 0.717) is 5.69 Å². The van der Waals surface area contributed by atoms with Gasteiger partial charge >= 0.3 is 0 Å². The first-order chi connectivity index (χ1) is 7.18. The fraction of sp³-hybridized carbons (Fsp3) is 0. The molecule has 0 saturated heterocycles. The van der Waals surface area contributed by atoms with Crippen LogP contribution in [-0.2, 0) is 0 Å². The highest BCUT2D eigenvalue weighted by Crippen LogP contribution is 2.22. The van der Waals surface area contributed by atoms with Gasteiger partial charge < -0.3 is 5.73 Å². The summed E-state index contributed by atoms with van der Waals surface area (Å²) in [6.45, 7) is 0. The monoisotopic (exact) mass is 207 g/mol. The number of aromatic nitrogens is 2. The molecular weight excluding hydrogens is 200 g/mol. The van der Waals surface area contributed by atoms with Crippen LogP contribution < -0.4 is 5.73 Å². The lowest BCUT2D eigenvalue weighted by atomic mass is 10.2. The van der Waals surface area contributed by atoms with Crippen molar-refractivity contribution in [2.24, 2.45) is 0 Å². The van der Waals surface area contributed by atoms with Crippen LogP contribution in [0.3, 0.4) is 0 Å². The second-order valence-electron chi connectivity index (χ2n) is 2.94. The van der Waals surface area contributed by atoms with Gasteiger partial charge in [0.1, 0.15) is 11.6 Å². The summed E-state index contributed by atoms with van der Waals surface area (Å²) in [7, 11) is 0. The Morgan fingerprint density at radius 2 is 1.53 bits per heavy atom. The Balaban J connectivity index is 2.58. The van der Waals surface area contributed by atoms with Gasteiger partial charge in [-0.25, -0.2) is 18.7 Å². The van der Waals surface area contributed by atoms with Crippen LogP contribution >= 0.6 is 0 Å². The Hall–Kier alpha value is -2.04. The van der Waals surface area contributed by atoms with E-state index in [0.717, 1.165) is 12.1 Å². The smallest absolute Gasteiger partial charge is 0.165 e. The minimum absolute atomic E-state index is 0.0141. The van der Waals surface area contributed by atoms with Gasteiger partial charge in [0.05, 0.1) is 23.6 Å². The van der Waals surface area contributed by atoms with Crippen LogP contribution in [0.25, 0.3) is 11.4 Å². The molecule has 1 aromatic heterocycles. The number of nitrogen functional groups attached to an aromatic ring is 1. The molecule has 2 aromatic rings. The molecule has 1 heterocycles. The fourth-order valence-corrected chi connectivity index (χ4v) is 1.18. The number of hydrogen-bond donors (Lipinski definition) is 1. The van der Waals surface area contributed by atoms with Gasteiger partial charge in [-0.15, -0.1) is 0 Å². The second-order valence-corrected chi connectivity index (χ2v) is 2.94. The molecule has 5 heteroatoms. The first-order valence-electron chi connectivity index (χ1n) is 4.20. The van der Waals surface area contributed by atoms with E-state index in [1.807, 2.05) is 0 Å². The largest absolute Gasteiger partial charge is 0.396 e. The van der Waals surface area contributed by atoms with Crippen molar-refractivity contribution in [1.29, 1.82) is 0 Å². The topological polar surface area (TPSA) is 51.8 Å². The van der Waals surface area contributed by atoms with Crippen LogP contribution in [0.15, 0.2) is 30.6 Å². The Kier molecular flexibility index (Phi) is 2.29. The highest BCUT2D eigenvalue weighted by atomic mass is 19.1. The SMILES string of the molecule is Nc1cnc(-c2c(F)cccc2F)nc1. The van der Waals surface area contributed by atoms with Crippen LogP contribution in [0.1, 0.15) is 0 Å². The molecule has 3 nitrogen and oxygen atoms in total. The average molecular weight is 207 g/mol. The Morgan fingerprint density at radius 3 is 2.07 bits per heavy atom. The fourth-order valence-electron chi connectivity index (χ4n) is 1.18. The third kappa shape index (κ3) is 1.76. The Morgan fingerprint density at radius 1 is 1.00 bits per heavy atom. The highest BCUT2D eigenvalue weighted by molar-refractivity contribution is 5.57. The molecule has 0 fully saturated rings. The zero-order chi connectivity index (χ0) is 10.8. The number of nitrogens with zero attached hydrogens (tertiary/aromatic N) is 2. The molecule has 15 heavy (non-hydrogen) atoms. The number of rotatable bonds is 1. The van der Waals surface area contributed by atoms with Crippen molar-refractivity contribution in [3.63, 3.8) is 0 Å². The molecular formula is C10H7F2N3. The average Bonchev–Trinajstić information content (AvgIpc) is 2.20. The van der Waals surface area contributed by atoms with Gasteiger partial charge in [0.25, 0.3) is 0 Å². The van der Waals surface area contributed by atoms with Crippen molar-refractivity contribution in [1.82, 2.24) is 9.97 Å². The number of hydrogen-bond acceptors (Lipinski definition) is 3. The Bertz CT molecular complexity index is 462. The summed E-state index contributed by atoms with van der Waals surface area (Å²) in [5.74, 6) is -1.40. The summed E-state index contributed by atoms with van der Waals surface area (Å²) in [4.78, 5) is 7.51. The van der Waals surface area contributed by atoms with Crippen LogP contribution in [0, 0.1) is 11.6 Å². The summed E-state index contributed by atoms with van der Waals surface area (Å²) in [6.07, 6.45) is 2.60. The first-order valence-corrected chi connectivity index (χ1v) is 4.20. The van der Waals surface area contributed by atoms with Gasteiger partial charge in [-0.1, -0.05) is 6.07 Å². The van der Waals surface area contributed by atoms with Crippen LogP contribution in [0.2, 0.25) is 0 Å².